The molecule has 0 saturated heterocycles. The quantitative estimate of drug-likeness (QED) is 0.530. The Kier molecular flexibility index (Phi) is 5.09. The minimum atomic E-state index is -4.44. The van der Waals surface area contributed by atoms with E-state index in [1.165, 1.54) is 16.0 Å². The van der Waals surface area contributed by atoms with Crippen molar-refractivity contribution >= 4 is 38.9 Å². The zero-order valence-electron chi connectivity index (χ0n) is 14.7. The number of amides is 1. The molecule has 1 N–H and O–H groups in total. The summed E-state index contributed by atoms with van der Waals surface area (Å²) in [4.78, 5) is 12.9. The molecular formula is C19H17ClF3N3OS. The number of aromatic nitrogens is 2. The van der Waals surface area contributed by atoms with E-state index in [0.717, 1.165) is 29.0 Å². The molecule has 1 saturated carbocycles. The van der Waals surface area contributed by atoms with Crippen LogP contribution in [0.5, 0.6) is 0 Å². The van der Waals surface area contributed by atoms with E-state index in [1.54, 1.807) is 0 Å². The molecule has 2 heterocycles. The number of nitrogens with one attached hydrogen (secondary N) is 1. The van der Waals surface area contributed by atoms with Gasteiger partial charge in [0.05, 0.1) is 5.02 Å². The van der Waals surface area contributed by atoms with Gasteiger partial charge in [0.25, 0.3) is 5.91 Å². The van der Waals surface area contributed by atoms with Crippen molar-refractivity contribution in [1.29, 1.82) is 0 Å². The van der Waals surface area contributed by atoms with Crippen LogP contribution in [-0.4, -0.2) is 22.2 Å². The van der Waals surface area contributed by atoms with E-state index in [-0.39, 0.29) is 11.8 Å². The van der Waals surface area contributed by atoms with E-state index >= 15 is 0 Å². The Morgan fingerprint density at radius 2 is 2.07 bits per heavy atom. The van der Waals surface area contributed by atoms with Crippen molar-refractivity contribution in [3.05, 3.63) is 51.6 Å². The molecule has 1 amide bonds. The largest absolute Gasteiger partial charge is 0.435 e. The molecule has 0 unspecified atom stereocenters. The van der Waals surface area contributed by atoms with Gasteiger partial charge in [-0.1, -0.05) is 29.8 Å². The topological polar surface area (TPSA) is 46.9 Å². The number of carbonyl (C=O) groups is 1. The lowest BCUT2D eigenvalue weighted by Gasteiger charge is -2.08. The number of hydrogen-bond donors (Lipinski definition) is 1. The predicted molar refractivity (Wildman–Crippen MR) is 103 cm³/mol. The van der Waals surface area contributed by atoms with Gasteiger partial charge in [-0.05, 0) is 31.4 Å². The van der Waals surface area contributed by atoms with Crippen LogP contribution in [0, 0.1) is 0 Å². The molecule has 28 heavy (non-hydrogen) atoms. The maximum Gasteiger partial charge on any atom is 0.435 e. The lowest BCUT2D eigenvalue weighted by atomic mass is 10.2. The van der Waals surface area contributed by atoms with Crippen LogP contribution in [0.1, 0.15) is 46.2 Å². The first kappa shape index (κ1) is 19.3. The third-order valence-electron chi connectivity index (χ3n) is 4.67. The van der Waals surface area contributed by atoms with Gasteiger partial charge < -0.3 is 5.32 Å². The summed E-state index contributed by atoms with van der Waals surface area (Å²) in [5, 5.41) is 7.78. The van der Waals surface area contributed by atoms with Crippen molar-refractivity contribution in [2.75, 3.05) is 6.54 Å². The van der Waals surface area contributed by atoms with Crippen LogP contribution in [0.2, 0.25) is 5.02 Å². The van der Waals surface area contributed by atoms with Crippen LogP contribution in [0.15, 0.2) is 30.3 Å². The summed E-state index contributed by atoms with van der Waals surface area (Å²) in [5.41, 5.74) is -0.221. The second-order valence-corrected chi connectivity index (χ2v) is 8.23. The summed E-state index contributed by atoms with van der Waals surface area (Å²) >= 11 is 7.62. The van der Waals surface area contributed by atoms with E-state index in [9.17, 15) is 18.0 Å². The maximum absolute atomic E-state index is 12.9. The number of rotatable bonds is 6. The normalized spacial score (nSPS) is 14.6. The van der Waals surface area contributed by atoms with Crippen molar-refractivity contribution < 1.29 is 18.0 Å². The molecule has 4 rings (SSSR count). The van der Waals surface area contributed by atoms with Gasteiger partial charge in [-0.15, -0.1) is 11.3 Å². The first-order valence-corrected chi connectivity index (χ1v) is 10.1. The Morgan fingerprint density at radius 1 is 1.32 bits per heavy atom. The summed E-state index contributed by atoms with van der Waals surface area (Å²) in [6.07, 6.45) is -2.18. The highest BCUT2D eigenvalue weighted by Gasteiger charge is 2.37. The predicted octanol–water partition coefficient (Wildman–Crippen LogP) is 5.47. The fourth-order valence-corrected chi connectivity index (χ4v) is 4.56. The zero-order valence-corrected chi connectivity index (χ0v) is 16.3. The molecule has 1 aliphatic carbocycles. The fourth-order valence-electron chi connectivity index (χ4n) is 3.13. The molecule has 2 aromatic heterocycles. The SMILES string of the molecule is O=C(NCCCn1nc(C(F)(F)F)cc1C1CC1)c1sc2ccccc2c1Cl. The molecular weight excluding hydrogens is 411 g/mol. The second-order valence-electron chi connectivity index (χ2n) is 6.80. The number of fused-ring (bicyclic) bond motifs is 1. The van der Waals surface area contributed by atoms with E-state index in [0.29, 0.717) is 35.1 Å². The van der Waals surface area contributed by atoms with Crippen molar-refractivity contribution in [3.8, 4) is 0 Å². The number of halogens is 4. The molecule has 3 aromatic rings. The number of thiophene rings is 1. The average molecular weight is 428 g/mol. The second kappa shape index (κ2) is 7.40. The minimum Gasteiger partial charge on any atom is -0.351 e. The van der Waals surface area contributed by atoms with Gasteiger partial charge in [0.1, 0.15) is 4.88 Å². The third-order valence-corrected chi connectivity index (χ3v) is 6.34. The lowest BCUT2D eigenvalue weighted by molar-refractivity contribution is -0.141. The van der Waals surface area contributed by atoms with Gasteiger partial charge in [-0.3, -0.25) is 9.48 Å². The van der Waals surface area contributed by atoms with Crippen LogP contribution < -0.4 is 5.32 Å². The number of nitrogens with zero attached hydrogens (tertiary/aromatic N) is 2. The molecule has 0 bridgehead atoms. The first-order valence-electron chi connectivity index (χ1n) is 8.95. The molecule has 9 heteroatoms. The smallest absolute Gasteiger partial charge is 0.351 e. The highest BCUT2D eigenvalue weighted by Crippen LogP contribution is 2.42. The highest BCUT2D eigenvalue weighted by atomic mass is 35.5. The number of benzene rings is 1. The maximum atomic E-state index is 12.9. The van der Waals surface area contributed by atoms with Crippen molar-refractivity contribution in [3.63, 3.8) is 0 Å². The van der Waals surface area contributed by atoms with Crippen LogP contribution in [0.4, 0.5) is 13.2 Å². The molecule has 1 fully saturated rings. The Hall–Kier alpha value is -2.06. The Labute approximate surface area is 168 Å². The number of carbonyl (C=O) groups excluding carboxylic acids is 1. The van der Waals surface area contributed by atoms with E-state index < -0.39 is 11.9 Å². The van der Waals surface area contributed by atoms with Gasteiger partial charge in [0, 0.05) is 34.8 Å². The molecule has 1 aromatic carbocycles. The minimum absolute atomic E-state index is 0.163. The van der Waals surface area contributed by atoms with Crippen LogP contribution >= 0.6 is 22.9 Å². The summed E-state index contributed by atoms with van der Waals surface area (Å²) in [5.74, 6) is -0.111. The average Bonchev–Trinajstić information content (AvgIpc) is 3.31. The van der Waals surface area contributed by atoms with E-state index in [1.807, 2.05) is 24.3 Å². The Bertz CT molecular complexity index is 1020. The summed E-state index contributed by atoms with van der Waals surface area (Å²) < 4.78 is 41.1. The standard InChI is InChI=1S/C19H17ClF3N3OS/c20-16-12-4-1-2-5-14(12)28-17(16)18(27)24-8-3-9-26-13(11-6-7-11)10-15(25-26)19(21,22)23/h1-2,4-5,10-11H,3,6-9H2,(H,24,27). The van der Waals surface area contributed by atoms with Crippen LogP contribution in [-0.2, 0) is 12.7 Å². The number of aryl methyl sites for hydroxylation is 1. The molecule has 0 atom stereocenters. The van der Waals surface area contributed by atoms with E-state index in [4.69, 9.17) is 11.6 Å². The Balaban J connectivity index is 1.37. The third kappa shape index (κ3) is 3.89. The van der Waals surface area contributed by atoms with Crippen LogP contribution in [0.3, 0.4) is 0 Å². The Morgan fingerprint density at radius 3 is 2.75 bits per heavy atom. The fraction of sp³-hybridized carbons (Fsp3) is 0.368. The van der Waals surface area contributed by atoms with Gasteiger partial charge >= 0.3 is 6.18 Å². The summed E-state index contributed by atoms with van der Waals surface area (Å²) in [6, 6.07) is 8.65. The van der Waals surface area contributed by atoms with Crippen molar-refractivity contribution in [1.82, 2.24) is 15.1 Å². The highest BCUT2D eigenvalue weighted by molar-refractivity contribution is 7.21. The monoisotopic (exact) mass is 427 g/mol. The van der Waals surface area contributed by atoms with Gasteiger partial charge in [0.2, 0.25) is 0 Å². The molecule has 0 spiro atoms. The molecule has 0 aliphatic heterocycles. The summed E-state index contributed by atoms with van der Waals surface area (Å²) in [7, 11) is 0. The van der Waals surface area contributed by atoms with Crippen LogP contribution in [0.25, 0.3) is 10.1 Å². The van der Waals surface area contributed by atoms with Crippen molar-refractivity contribution in [2.45, 2.75) is 37.9 Å². The summed E-state index contributed by atoms with van der Waals surface area (Å²) in [6.45, 7) is 0.650. The molecule has 1 aliphatic rings. The number of hydrogen-bond acceptors (Lipinski definition) is 3. The lowest BCUT2D eigenvalue weighted by Crippen LogP contribution is -2.25. The number of alkyl halides is 3. The first-order chi connectivity index (χ1) is 13.3. The van der Waals surface area contributed by atoms with Gasteiger partial charge in [-0.2, -0.15) is 18.3 Å². The molecule has 4 nitrogen and oxygen atoms in total. The van der Waals surface area contributed by atoms with Gasteiger partial charge in [0.15, 0.2) is 5.69 Å². The zero-order chi connectivity index (χ0) is 19.9. The van der Waals surface area contributed by atoms with Crippen molar-refractivity contribution in [2.24, 2.45) is 0 Å². The van der Waals surface area contributed by atoms with E-state index in [2.05, 4.69) is 10.4 Å². The van der Waals surface area contributed by atoms with Gasteiger partial charge in [-0.25, -0.2) is 0 Å². The molecule has 0 radical (unpaired) electrons. The molecule has 148 valence electrons.